The first-order chi connectivity index (χ1) is 10.1. The molecule has 5 heteroatoms. The minimum Gasteiger partial charge on any atom is -0.496 e. The van der Waals surface area contributed by atoms with Crippen molar-refractivity contribution in [1.29, 1.82) is 0 Å². The van der Waals surface area contributed by atoms with E-state index in [2.05, 4.69) is 0 Å². The van der Waals surface area contributed by atoms with Crippen LogP contribution in [0.25, 0.3) is 10.8 Å². The van der Waals surface area contributed by atoms with E-state index in [0.29, 0.717) is 16.7 Å². The number of aliphatic hydroxyl groups excluding tert-OH is 2. The Morgan fingerprint density at radius 3 is 2.43 bits per heavy atom. The summed E-state index contributed by atoms with van der Waals surface area (Å²) in [5, 5.41) is 21.7. The van der Waals surface area contributed by atoms with Gasteiger partial charge in [-0.3, -0.25) is 0 Å². The van der Waals surface area contributed by atoms with Gasteiger partial charge in [0.25, 0.3) is 0 Å². The fourth-order valence-corrected chi connectivity index (χ4v) is 2.26. The maximum atomic E-state index is 11.6. The molecule has 0 spiro atoms. The molecule has 0 saturated heterocycles. The molecule has 0 aromatic heterocycles. The first-order valence-corrected chi connectivity index (χ1v) is 6.68. The molecule has 2 aromatic carbocycles. The summed E-state index contributed by atoms with van der Waals surface area (Å²) in [6.45, 7) is 1.78. The van der Waals surface area contributed by atoms with E-state index in [1.165, 1.54) is 0 Å². The van der Waals surface area contributed by atoms with Gasteiger partial charge in [-0.15, -0.1) is 0 Å². The predicted molar refractivity (Wildman–Crippen MR) is 78.1 cm³/mol. The van der Waals surface area contributed by atoms with Crippen LogP contribution in [0.1, 0.15) is 18.6 Å². The van der Waals surface area contributed by atoms with Crippen LogP contribution in [-0.2, 0) is 9.53 Å². The number of hydrogen-bond acceptors (Lipinski definition) is 5. The van der Waals surface area contributed by atoms with Crippen molar-refractivity contribution in [3.05, 3.63) is 42.0 Å². The zero-order valence-electron chi connectivity index (χ0n) is 11.9. The normalized spacial score (nSPS) is 13.7. The Labute approximate surface area is 122 Å². The van der Waals surface area contributed by atoms with Gasteiger partial charge in [-0.05, 0) is 23.9 Å². The predicted octanol–water partition coefficient (Wildman–Crippen LogP) is 1.81. The standard InChI is InChI=1S/C16H18O5/c1-3-21-16(19)15(18)14(17)12-8-9-13(20-2)11-7-5-4-6-10(11)12/h4-9,14-15,17-18H,3H2,1-2H3. The van der Waals surface area contributed by atoms with Crippen LogP contribution < -0.4 is 4.74 Å². The zero-order valence-corrected chi connectivity index (χ0v) is 11.9. The number of carbonyl (C=O) groups excluding carboxylic acids is 1. The maximum Gasteiger partial charge on any atom is 0.338 e. The molecular formula is C16H18O5. The van der Waals surface area contributed by atoms with E-state index in [1.54, 1.807) is 32.2 Å². The van der Waals surface area contributed by atoms with Crippen LogP contribution in [0.2, 0.25) is 0 Å². The average Bonchev–Trinajstić information content (AvgIpc) is 2.52. The highest BCUT2D eigenvalue weighted by molar-refractivity contribution is 5.92. The Hall–Kier alpha value is -2.11. The van der Waals surface area contributed by atoms with Gasteiger partial charge in [-0.25, -0.2) is 4.79 Å². The van der Waals surface area contributed by atoms with E-state index in [1.807, 2.05) is 18.2 Å². The van der Waals surface area contributed by atoms with E-state index in [0.717, 1.165) is 5.39 Å². The number of aliphatic hydroxyl groups is 2. The van der Waals surface area contributed by atoms with Gasteiger partial charge in [0.1, 0.15) is 11.9 Å². The van der Waals surface area contributed by atoms with Crippen LogP contribution in [0.4, 0.5) is 0 Å². The Balaban J connectivity index is 2.44. The number of methoxy groups -OCH3 is 1. The maximum absolute atomic E-state index is 11.6. The Morgan fingerprint density at radius 1 is 1.14 bits per heavy atom. The molecule has 0 bridgehead atoms. The fourth-order valence-electron chi connectivity index (χ4n) is 2.26. The third kappa shape index (κ3) is 2.99. The molecule has 2 aromatic rings. The number of benzene rings is 2. The topological polar surface area (TPSA) is 76.0 Å². The van der Waals surface area contributed by atoms with Gasteiger partial charge in [0.2, 0.25) is 0 Å². The van der Waals surface area contributed by atoms with Crippen molar-refractivity contribution in [2.45, 2.75) is 19.1 Å². The second kappa shape index (κ2) is 6.56. The van der Waals surface area contributed by atoms with Crippen LogP contribution in [0.5, 0.6) is 5.75 Å². The summed E-state index contributed by atoms with van der Waals surface area (Å²) in [4.78, 5) is 11.6. The Bertz CT molecular complexity index is 638. The highest BCUT2D eigenvalue weighted by Crippen LogP contribution is 2.32. The van der Waals surface area contributed by atoms with E-state index in [9.17, 15) is 15.0 Å². The molecule has 0 amide bonds. The first-order valence-electron chi connectivity index (χ1n) is 6.68. The Morgan fingerprint density at radius 2 is 1.81 bits per heavy atom. The van der Waals surface area contributed by atoms with Crippen molar-refractivity contribution in [1.82, 2.24) is 0 Å². The third-order valence-electron chi connectivity index (χ3n) is 3.28. The number of ether oxygens (including phenoxy) is 2. The molecule has 0 fully saturated rings. The molecule has 0 radical (unpaired) electrons. The molecule has 0 aliphatic heterocycles. The summed E-state index contributed by atoms with van der Waals surface area (Å²) in [5.74, 6) is -0.183. The molecule has 0 aliphatic rings. The van der Waals surface area contributed by atoms with Gasteiger partial charge >= 0.3 is 5.97 Å². The second-order valence-corrected chi connectivity index (χ2v) is 4.54. The fraction of sp³-hybridized carbons (Fsp3) is 0.312. The van der Waals surface area contributed by atoms with Gasteiger partial charge in [-0.1, -0.05) is 30.3 Å². The van der Waals surface area contributed by atoms with Crippen LogP contribution in [-0.4, -0.2) is 36.0 Å². The molecule has 112 valence electrons. The highest BCUT2D eigenvalue weighted by atomic mass is 16.5. The van der Waals surface area contributed by atoms with Crippen molar-refractivity contribution in [3.63, 3.8) is 0 Å². The number of hydrogen-bond donors (Lipinski definition) is 2. The van der Waals surface area contributed by atoms with E-state index < -0.39 is 18.2 Å². The third-order valence-corrected chi connectivity index (χ3v) is 3.28. The smallest absolute Gasteiger partial charge is 0.338 e. The molecule has 0 heterocycles. The van der Waals surface area contributed by atoms with Crippen molar-refractivity contribution in [2.24, 2.45) is 0 Å². The minimum absolute atomic E-state index is 0.145. The SMILES string of the molecule is CCOC(=O)C(O)C(O)c1ccc(OC)c2ccccc12. The lowest BCUT2D eigenvalue weighted by Gasteiger charge is -2.19. The minimum atomic E-state index is -1.62. The molecule has 21 heavy (non-hydrogen) atoms. The van der Waals surface area contributed by atoms with Crippen LogP contribution in [0.3, 0.4) is 0 Å². The number of esters is 1. The van der Waals surface area contributed by atoms with E-state index in [4.69, 9.17) is 9.47 Å². The molecule has 5 nitrogen and oxygen atoms in total. The summed E-state index contributed by atoms with van der Waals surface area (Å²) in [7, 11) is 1.56. The molecule has 2 N–H and O–H groups in total. The summed E-state index contributed by atoms with van der Waals surface area (Å²) >= 11 is 0. The van der Waals surface area contributed by atoms with E-state index in [-0.39, 0.29) is 6.61 Å². The monoisotopic (exact) mass is 290 g/mol. The summed E-state index contributed by atoms with van der Waals surface area (Å²) < 4.78 is 10.0. The number of carbonyl (C=O) groups is 1. The van der Waals surface area contributed by atoms with Crippen LogP contribution >= 0.6 is 0 Å². The van der Waals surface area contributed by atoms with E-state index >= 15 is 0 Å². The van der Waals surface area contributed by atoms with Crippen LogP contribution in [0, 0.1) is 0 Å². The van der Waals surface area contributed by atoms with Gasteiger partial charge in [0.15, 0.2) is 6.10 Å². The molecule has 0 saturated carbocycles. The first kappa shape index (κ1) is 15.3. The Kier molecular flexibility index (Phi) is 4.77. The van der Waals surface area contributed by atoms with Crippen molar-refractivity contribution in [3.8, 4) is 5.75 Å². The zero-order chi connectivity index (χ0) is 15.4. The average molecular weight is 290 g/mol. The lowest BCUT2D eigenvalue weighted by atomic mass is 9.97. The summed E-state index contributed by atoms with van der Waals surface area (Å²) in [5.41, 5.74) is 0.451. The van der Waals surface area contributed by atoms with Gasteiger partial charge < -0.3 is 19.7 Å². The molecule has 2 unspecified atom stereocenters. The lowest BCUT2D eigenvalue weighted by molar-refractivity contribution is -0.159. The largest absolute Gasteiger partial charge is 0.496 e. The summed E-state index contributed by atoms with van der Waals surface area (Å²) in [6.07, 6.45) is -2.98. The number of rotatable bonds is 5. The molecule has 0 aliphatic carbocycles. The molecule has 2 atom stereocenters. The quantitative estimate of drug-likeness (QED) is 0.821. The van der Waals surface area contributed by atoms with Crippen molar-refractivity contribution >= 4 is 16.7 Å². The lowest BCUT2D eigenvalue weighted by Crippen LogP contribution is -2.30. The van der Waals surface area contributed by atoms with Gasteiger partial charge in [-0.2, -0.15) is 0 Å². The molecule has 2 rings (SSSR count). The van der Waals surface area contributed by atoms with Gasteiger partial charge in [0.05, 0.1) is 13.7 Å². The summed E-state index contributed by atoms with van der Waals surface area (Å²) in [6, 6.07) is 10.6. The second-order valence-electron chi connectivity index (χ2n) is 4.54. The van der Waals surface area contributed by atoms with Crippen molar-refractivity contribution in [2.75, 3.05) is 13.7 Å². The van der Waals surface area contributed by atoms with Crippen molar-refractivity contribution < 1.29 is 24.5 Å². The highest BCUT2D eigenvalue weighted by Gasteiger charge is 2.28. The number of fused-ring (bicyclic) bond motifs is 1. The van der Waals surface area contributed by atoms with Gasteiger partial charge in [0, 0.05) is 5.39 Å². The van der Waals surface area contributed by atoms with Crippen LogP contribution in [0.15, 0.2) is 36.4 Å². The molecular weight excluding hydrogens is 272 g/mol.